The SMILES string of the molecule is CCC(O)(CC)CNC(=O)C(C)(C)OC. The van der Waals surface area contributed by atoms with Crippen LogP contribution in [0.2, 0.25) is 0 Å². The molecule has 0 aromatic carbocycles. The Morgan fingerprint density at radius 1 is 1.33 bits per heavy atom. The molecule has 0 aliphatic carbocycles. The van der Waals surface area contributed by atoms with Crippen LogP contribution in [0.4, 0.5) is 0 Å². The van der Waals surface area contributed by atoms with Gasteiger partial charge in [-0.05, 0) is 26.7 Å². The summed E-state index contributed by atoms with van der Waals surface area (Å²) in [6.45, 7) is 7.46. The molecule has 0 heterocycles. The normalized spacial score (nSPS) is 12.7. The minimum absolute atomic E-state index is 0.203. The molecule has 15 heavy (non-hydrogen) atoms. The molecule has 90 valence electrons. The Bertz CT molecular complexity index is 210. The molecule has 0 rings (SSSR count). The fourth-order valence-electron chi connectivity index (χ4n) is 1.05. The van der Waals surface area contributed by atoms with Gasteiger partial charge in [-0.2, -0.15) is 0 Å². The molecule has 0 aliphatic heterocycles. The van der Waals surface area contributed by atoms with Gasteiger partial charge in [0.15, 0.2) is 0 Å². The van der Waals surface area contributed by atoms with E-state index in [4.69, 9.17) is 4.74 Å². The molecule has 0 spiro atoms. The summed E-state index contributed by atoms with van der Waals surface area (Å²) in [5.74, 6) is -0.203. The summed E-state index contributed by atoms with van der Waals surface area (Å²) in [7, 11) is 1.49. The molecule has 0 aromatic heterocycles. The molecule has 0 fully saturated rings. The maximum absolute atomic E-state index is 11.6. The monoisotopic (exact) mass is 217 g/mol. The predicted octanol–water partition coefficient (Wildman–Crippen LogP) is 1.08. The Hall–Kier alpha value is -0.610. The number of aliphatic hydroxyl groups is 1. The number of carbonyl (C=O) groups is 1. The highest BCUT2D eigenvalue weighted by Gasteiger charge is 2.29. The quantitative estimate of drug-likeness (QED) is 0.700. The standard InChI is InChI=1S/C11H23NO3/c1-6-11(14,7-2)8-12-9(13)10(3,4)15-5/h14H,6-8H2,1-5H3,(H,12,13). The van der Waals surface area contributed by atoms with E-state index in [9.17, 15) is 9.90 Å². The van der Waals surface area contributed by atoms with Crippen molar-refractivity contribution in [2.75, 3.05) is 13.7 Å². The largest absolute Gasteiger partial charge is 0.388 e. The van der Waals surface area contributed by atoms with E-state index in [2.05, 4.69) is 5.32 Å². The highest BCUT2D eigenvalue weighted by atomic mass is 16.5. The number of hydrogen-bond acceptors (Lipinski definition) is 3. The van der Waals surface area contributed by atoms with E-state index in [-0.39, 0.29) is 12.5 Å². The average molecular weight is 217 g/mol. The maximum atomic E-state index is 11.6. The van der Waals surface area contributed by atoms with Crippen molar-refractivity contribution in [3.8, 4) is 0 Å². The molecule has 2 N–H and O–H groups in total. The molecule has 0 radical (unpaired) electrons. The third-order valence-electron chi connectivity index (χ3n) is 2.95. The van der Waals surface area contributed by atoms with Crippen molar-refractivity contribution >= 4 is 5.91 Å². The number of ether oxygens (including phenoxy) is 1. The Balaban J connectivity index is 4.22. The zero-order chi connectivity index (χ0) is 12.1. The average Bonchev–Trinajstić information content (AvgIpc) is 2.25. The second-order valence-corrected chi connectivity index (χ2v) is 4.33. The van der Waals surface area contributed by atoms with Gasteiger partial charge in [0, 0.05) is 13.7 Å². The lowest BCUT2D eigenvalue weighted by Crippen LogP contribution is -2.49. The molecule has 0 aromatic rings. The predicted molar refractivity (Wildman–Crippen MR) is 59.6 cm³/mol. The van der Waals surface area contributed by atoms with Crippen molar-refractivity contribution in [2.24, 2.45) is 0 Å². The summed E-state index contributed by atoms with van der Waals surface area (Å²) >= 11 is 0. The van der Waals surface area contributed by atoms with Crippen molar-refractivity contribution < 1.29 is 14.6 Å². The van der Waals surface area contributed by atoms with Crippen molar-refractivity contribution in [1.29, 1.82) is 0 Å². The number of amides is 1. The minimum atomic E-state index is -0.845. The van der Waals surface area contributed by atoms with E-state index >= 15 is 0 Å². The van der Waals surface area contributed by atoms with Gasteiger partial charge in [-0.1, -0.05) is 13.8 Å². The van der Waals surface area contributed by atoms with Gasteiger partial charge >= 0.3 is 0 Å². The number of rotatable bonds is 6. The molecular weight excluding hydrogens is 194 g/mol. The van der Waals surface area contributed by atoms with Crippen molar-refractivity contribution in [2.45, 2.75) is 51.7 Å². The van der Waals surface area contributed by atoms with Crippen LogP contribution in [0.15, 0.2) is 0 Å². The molecule has 0 atom stereocenters. The number of carbonyl (C=O) groups excluding carboxylic acids is 1. The summed E-state index contributed by atoms with van der Waals surface area (Å²) in [5.41, 5.74) is -1.65. The second kappa shape index (κ2) is 5.47. The van der Waals surface area contributed by atoms with Crippen LogP contribution >= 0.6 is 0 Å². The first-order valence-corrected chi connectivity index (χ1v) is 5.37. The molecule has 1 amide bonds. The van der Waals surface area contributed by atoms with Gasteiger partial charge in [-0.3, -0.25) is 4.79 Å². The molecule has 0 saturated heterocycles. The Kier molecular flexibility index (Phi) is 5.24. The van der Waals surface area contributed by atoms with Crippen LogP contribution in [0, 0.1) is 0 Å². The minimum Gasteiger partial charge on any atom is -0.388 e. The van der Waals surface area contributed by atoms with Crippen LogP contribution in [0.3, 0.4) is 0 Å². The van der Waals surface area contributed by atoms with Crippen LogP contribution in [0.1, 0.15) is 40.5 Å². The summed E-state index contributed by atoms with van der Waals surface area (Å²) < 4.78 is 5.04. The van der Waals surface area contributed by atoms with Crippen molar-refractivity contribution in [1.82, 2.24) is 5.32 Å². The van der Waals surface area contributed by atoms with Gasteiger partial charge in [0.1, 0.15) is 5.60 Å². The number of methoxy groups -OCH3 is 1. The Labute approximate surface area is 92.0 Å². The van der Waals surface area contributed by atoms with Crippen molar-refractivity contribution in [3.63, 3.8) is 0 Å². The molecule has 0 bridgehead atoms. The lowest BCUT2D eigenvalue weighted by atomic mass is 9.97. The molecule has 0 aliphatic rings. The molecule has 0 saturated carbocycles. The van der Waals surface area contributed by atoms with E-state index in [1.807, 2.05) is 13.8 Å². The van der Waals surface area contributed by atoms with Crippen LogP contribution in [0.25, 0.3) is 0 Å². The first-order chi connectivity index (χ1) is 6.81. The third kappa shape index (κ3) is 4.18. The van der Waals surface area contributed by atoms with Crippen LogP contribution in [-0.4, -0.2) is 35.9 Å². The number of hydrogen-bond donors (Lipinski definition) is 2. The molecule has 0 unspecified atom stereocenters. The van der Waals surface area contributed by atoms with E-state index in [0.29, 0.717) is 12.8 Å². The van der Waals surface area contributed by atoms with Gasteiger partial charge < -0.3 is 15.2 Å². The van der Waals surface area contributed by atoms with Crippen LogP contribution < -0.4 is 5.32 Å². The van der Waals surface area contributed by atoms with E-state index in [1.165, 1.54) is 7.11 Å². The summed E-state index contributed by atoms with van der Waals surface area (Å²) in [4.78, 5) is 11.6. The Morgan fingerprint density at radius 2 is 1.80 bits per heavy atom. The second-order valence-electron chi connectivity index (χ2n) is 4.33. The van der Waals surface area contributed by atoms with E-state index < -0.39 is 11.2 Å². The summed E-state index contributed by atoms with van der Waals surface area (Å²) in [6, 6.07) is 0. The van der Waals surface area contributed by atoms with Gasteiger partial charge in [0.05, 0.1) is 5.60 Å². The highest BCUT2D eigenvalue weighted by molar-refractivity contribution is 5.84. The van der Waals surface area contributed by atoms with Crippen molar-refractivity contribution in [3.05, 3.63) is 0 Å². The van der Waals surface area contributed by atoms with Gasteiger partial charge in [0.25, 0.3) is 5.91 Å². The first kappa shape index (κ1) is 14.4. The zero-order valence-corrected chi connectivity index (χ0v) is 10.4. The van der Waals surface area contributed by atoms with E-state index in [1.54, 1.807) is 13.8 Å². The lowest BCUT2D eigenvalue weighted by molar-refractivity contribution is -0.140. The third-order valence-corrected chi connectivity index (χ3v) is 2.95. The maximum Gasteiger partial charge on any atom is 0.251 e. The topological polar surface area (TPSA) is 58.6 Å². The smallest absolute Gasteiger partial charge is 0.251 e. The fourth-order valence-corrected chi connectivity index (χ4v) is 1.05. The summed E-state index contributed by atoms with van der Waals surface area (Å²) in [5, 5.41) is 12.7. The first-order valence-electron chi connectivity index (χ1n) is 5.37. The highest BCUT2D eigenvalue weighted by Crippen LogP contribution is 2.14. The van der Waals surface area contributed by atoms with Crippen LogP contribution in [0.5, 0.6) is 0 Å². The van der Waals surface area contributed by atoms with E-state index in [0.717, 1.165) is 0 Å². The lowest BCUT2D eigenvalue weighted by Gasteiger charge is -2.28. The fraction of sp³-hybridized carbons (Fsp3) is 0.909. The zero-order valence-electron chi connectivity index (χ0n) is 10.4. The summed E-state index contributed by atoms with van der Waals surface area (Å²) in [6.07, 6.45) is 1.24. The van der Waals surface area contributed by atoms with Gasteiger partial charge in [0.2, 0.25) is 0 Å². The van der Waals surface area contributed by atoms with Crippen LogP contribution in [-0.2, 0) is 9.53 Å². The molecule has 4 heteroatoms. The Morgan fingerprint density at radius 3 is 2.13 bits per heavy atom. The van der Waals surface area contributed by atoms with Gasteiger partial charge in [-0.15, -0.1) is 0 Å². The number of nitrogens with one attached hydrogen (secondary N) is 1. The molecular formula is C11H23NO3. The van der Waals surface area contributed by atoms with Gasteiger partial charge in [-0.25, -0.2) is 0 Å². The molecule has 4 nitrogen and oxygen atoms in total.